The molecule has 0 unspecified atom stereocenters. The minimum atomic E-state index is 0.510. The van der Waals surface area contributed by atoms with Gasteiger partial charge in [-0.15, -0.1) is 0 Å². The van der Waals surface area contributed by atoms with Crippen LogP contribution in [0, 0.1) is 0 Å². The minimum absolute atomic E-state index is 0.510. The van der Waals surface area contributed by atoms with Gasteiger partial charge < -0.3 is 5.73 Å². The van der Waals surface area contributed by atoms with Gasteiger partial charge in [-0.3, -0.25) is 4.40 Å². The molecule has 2 N–H and O–H groups in total. The molecule has 0 aliphatic rings. The summed E-state index contributed by atoms with van der Waals surface area (Å²) in [5, 5.41) is 0. The van der Waals surface area contributed by atoms with Crippen molar-refractivity contribution in [2.24, 2.45) is 5.73 Å². The first-order valence-corrected chi connectivity index (χ1v) is 4.37. The number of aromatic nitrogens is 3. The average Bonchev–Trinajstić information content (AvgIpc) is 2.55. The van der Waals surface area contributed by atoms with Gasteiger partial charge in [0.1, 0.15) is 0 Å². The number of hydrogen-bond donors (Lipinski definition) is 1. The molecule has 2 aromatic rings. The Morgan fingerprint density at radius 3 is 3.08 bits per heavy atom. The normalized spacial score (nSPS) is 10.9. The topological polar surface area (TPSA) is 56.2 Å². The van der Waals surface area contributed by atoms with E-state index < -0.39 is 0 Å². The maximum atomic E-state index is 5.65. The second kappa shape index (κ2) is 3.14. The van der Waals surface area contributed by atoms with Crippen LogP contribution in [0.15, 0.2) is 18.5 Å². The molecule has 4 heteroatoms. The molecule has 13 heavy (non-hydrogen) atoms. The Kier molecular flexibility index (Phi) is 1.98. The Morgan fingerprint density at radius 2 is 2.38 bits per heavy atom. The predicted octanol–water partition coefficient (Wildman–Crippen LogP) is 0.750. The van der Waals surface area contributed by atoms with Crippen molar-refractivity contribution in [3.8, 4) is 0 Å². The van der Waals surface area contributed by atoms with Gasteiger partial charge in [-0.05, 0) is 12.5 Å². The van der Waals surface area contributed by atoms with Gasteiger partial charge >= 0.3 is 0 Å². The number of imidazole rings is 1. The van der Waals surface area contributed by atoms with E-state index in [4.69, 9.17) is 5.73 Å². The second-order valence-electron chi connectivity index (χ2n) is 2.85. The molecule has 68 valence electrons. The van der Waals surface area contributed by atoms with E-state index in [-0.39, 0.29) is 0 Å². The highest BCUT2D eigenvalue weighted by Gasteiger charge is 2.08. The Bertz CT molecular complexity index is 418. The smallest absolute Gasteiger partial charge is 0.234 e. The Hall–Kier alpha value is -1.42. The lowest BCUT2D eigenvalue weighted by molar-refractivity contribution is 0.912. The van der Waals surface area contributed by atoms with Gasteiger partial charge in [0.2, 0.25) is 5.78 Å². The molecule has 0 saturated heterocycles. The molecule has 0 aliphatic heterocycles. The molecule has 0 spiro atoms. The predicted molar refractivity (Wildman–Crippen MR) is 50.3 cm³/mol. The molecule has 4 nitrogen and oxygen atoms in total. The molecule has 0 aromatic carbocycles. The molecular weight excluding hydrogens is 164 g/mol. The Morgan fingerprint density at radius 1 is 1.54 bits per heavy atom. The zero-order chi connectivity index (χ0) is 9.26. The quantitative estimate of drug-likeness (QED) is 0.734. The number of nitrogens with zero attached hydrogens (tertiary/aromatic N) is 3. The lowest BCUT2D eigenvalue weighted by Gasteiger charge is -1.97. The lowest BCUT2D eigenvalue weighted by atomic mass is 10.2. The summed E-state index contributed by atoms with van der Waals surface area (Å²) in [6.45, 7) is 2.58. The van der Waals surface area contributed by atoms with E-state index in [0.717, 1.165) is 23.6 Å². The Labute approximate surface area is 76.4 Å². The van der Waals surface area contributed by atoms with Crippen LogP contribution in [0.2, 0.25) is 0 Å². The number of hydrogen-bond acceptors (Lipinski definition) is 3. The van der Waals surface area contributed by atoms with Crippen molar-refractivity contribution in [3.05, 3.63) is 29.8 Å². The fourth-order valence-corrected chi connectivity index (χ4v) is 1.48. The van der Waals surface area contributed by atoms with Gasteiger partial charge in [0.25, 0.3) is 0 Å². The van der Waals surface area contributed by atoms with Crippen molar-refractivity contribution in [1.82, 2.24) is 14.4 Å². The van der Waals surface area contributed by atoms with Crippen LogP contribution in [-0.2, 0) is 13.0 Å². The highest BCUT2D eigenvalue weighted by atomic mass is 15.1. The summed E-state index contributed by atoms with van der Waals surface area (Å²) in [5.41, 5.74) is 7.75. The average molecular weight is 176 g/mol. The lowest BCUT2D eigenvalue weighted by Crippen LogP contribution is -2.03. The highest BCUT2D eigenvalue weighted by molar-refractivity contribution is 5.35. The van der Waals surface area contributed by atoms with Crippen LogP contribution >= 0.6 is 0 Å². The first-order chi connectivity index (χ1) is 6.36. The number of nitrogens with two attached hydrogens (primary N) is 1. The van der Waals surface area contributed by atoms with E-state index in [1.54, 1.807) is 6.20 Å². The van der Waals surface area contributed by atoms with E-state index >= 15 is 0 Å². The van der Waals surface area contributed by atoms with E-state index in [9.17, 15) is 0 Å². The number of aryl methyl sites for hydroxylation is 1. The molecule has 0 aliphatic carbocycles. The summed E-state index contributed by atoms with van der Waals surface area (Å²) < 4.78 is 1.94. The van der Waals surface area contributed by atoms with Gasteiger partial charge in [-0.1, -0.05) is 6.92 Å². The van der Waals surface area contributed by atoms with Crippen LogP contribution in [0.4, 0.5) is 0 Å². The minimum Gasteiger partial charge on any atom is -0.325 e. The molecule has 2 aromatic heterocycles. The fraction of sp³-hybridized carbons (Fsp3) is 0.333. The van der Waals surface area contributed by atoms with Crippen LogP contribution in [-0.4, -0.2) is 14.4 Å². The van der Waals surface area contributed by atoms with Crippen LogP contribution < -0.4 is 5.73 Å². The highest BCUT2D eigenvalue weighted by Crippen LogP contribution is 2.10. The standard InChI is InChI=1S/C9H12N4/c1-2-7-8(6-10)13-5-3-4-11-9(13)12-7/h3-5H,2,6,10H2,1H3. The van der Waals surface area contributed by atoms with E-state index in [1.165, 1.54) is 0 Å². The third-order valence-corrected chi connectivity index (χ3v) is 2.11. The molecule has 0 atom stereocenters. The van der Waals surface area contributed by atoms with Crippen molar-refractivity contribution >= 4 is 5.78 Å². The van der Waals surface area contributed by atoms with Gasteiger partial charge in [0.05, 0.1) is 11.4 Å². The van der Waals surface area contributed by atoms with Crippen molar-refractivity contribution in [3.63, 3.8) is 0 Å². The molecule has 0 bridgehead atoms. The van der Waals surface area contributed by atoms with Crippen molar-refractivity contribution in [2.45, 2.75) is 19.9 Å². The van der Waals surface area contributed by atoms with Crippen LogP contribution in [0.1, 0.15) is 18.3 Å². The third-order valence-electron chi connectivity index (χ3n) is 2.11. The maximum absolute atomic E-state index is 5.65. The molecule has 0 saturated carbocycles. The van der Waals surface area contributed by atoms with E-state index in [2.05, 4.69) is 16.9 Å². The van der Waals surface area contributed by atoms with Crippen LogP contribution in [0.25, 0.3) is 5.78 Å². The molecule has 2 rings (SSSR count). The maximum Gasteiger partial charge on any atom is 0.234 e. The number of rotatable bonds is 2. The van der Waals surface area contributed by atoms with Crippen LogP contribution in [0.3, 0.4) is 0 Å². The zero-order valence-corrected chi connectivity index (χ0v) is 7.57. The van der Waals surface area contributed by atoms with Gasteiger partial charge in [-0.25, -0.2) is 9.97 Å². The summed E-state index contributed by atoms with van der Waals surface area (Å²) in [5.74, 6) is 0.736. The third kappa shape index (κ3) is 1.19. The van der Waals surface area contributed by atoms with Crippen molar-refractivity contribution in [2.75, 3.05) is 0 Å². The molecular formula is C9H12N4. The fourth-order valence-electron chi connectivity index (χ4n) is 1.48. The largest absolute Gasteiger partial charge is 0.325 e. The summed E-state index contributed by atoms with van der Waals surface area (Å²) in [4.78, 5) is 8.53. The summed E-state index contributed by atoms with van der Waals surface area (Å²) in [6.07, 6.45) is 4.58. The van der Waals surface area contributed by atoms with Gasteiger partial charge in [-0.2, -0.15) is 0 Å². The first kappa shape index (κ1) is 8.19. The summed E-state index contributed by atoms with van der Waals surface area (Å²) >= 11 is 0. The monoisotopic (exact) mass is 176 g/mol. The molecule has 0 fully saturated rings. The zero-order valence-electron chi connectivity index (χ0n) is 7.57. The first-order valence-electron chi connectivity index (χ1n) is 4.37. The summed E-state index contributed by atoms with van der Waals surface area (Å²) in [6, 6.07) is 1.88. The van der Waals surface area contributed by atoms with Crippen molar-refractivity contribution in [1.29, 1.82) is 0 Å². The van der Waals surface area contributed by atoms with Gasteiger partial charge in [0.15, 0.2) is 0 Å². The SMILES string of the molecule is CCc1nc2ncccn2c1CN. The van der Waals surface area contributed by atoms with E-state index in [1.807, 2.05) is 16.7 Å². The van der Waals surface area contributed by atoms with E-state index in [0.29, 0.717) is 6.54 Å². The van der Waals surface area contributed by atoms with Gasteiger partial charge in [0, 0.05) is 18.9 Å². The van der Waals surface area contributed by atoms with Crippen LogP contribution in [0.5, 0.6) is 0 Å². The van der Waals surface area contributed by atoms with Crippen molar-refractivity contribution < 1.29 is 0 Å². The molecule has 0 amide bonds. The Balaban J connectivity index is 2.73. The second-order valence-corrected chi connectivity index (χ2v) is 2.85. The molecule has 2 heterocycles. The molecule has 0 radical (unpaired) electrons. The summed E-state index contributed by atoms with van der Waals surface area (Å²) in [7, 11) is 0. The number of fused-ring (bicyclic) bond motifs is 1.